The fourth-order valence-electron chi connectivity index (χ4n) is 1.19. The first-order valence-corrected chi connectivity index (χ1v) is 5.03. The lowest BCUT2D eigenvalue weighted by Gasteiger charge is -2.14. The molecule has 0 heterocycles. The summed E-state index contributed by atoms with van der Waals surface area (Å²) in [5.41, 5.74) is 0. The summed E-state index contributed by atoms with van der Waals surface area (Å²) in [5.74, 6) is 0.489. The lowest BCUT2D eigenvalue weighted by Crippen LogP contribution is -2.37. The molecule has 0 aromatic carbocycles. The molecule has 1 amide bonds. The highest BCUT2D eigenvalue weighted by Crippen LogP contribution is 1.95. The van der Waals surface area contributed by atoms with Gasteiger partial charge in [-0.15, -0.1) is 12.4 Å². The van der Waals surface area contributed by atoms with Gasteiger partial charge in [-0.25, -0.2) is 0 Å². The number of methoxy groups -OCH3 is 1. The highest BCUT2D eigenvalue weighted by molar-refractivity contribution is 5.85. The van der Waals surface area contributed by atoms with Gasteiger partial charge in [0.15, 0.2) is 0 Å². The van der Waals surface area contributed by atoms with Gasteiger partial charge in [-0.2, -0.15) is 0 Å². The number of nitrogens with one attached hydrogen (secondary N) is 2. The smallest absolute Gasteiger partial charge is 0.224 e. The first kappa shape index (κ1) is 17.1. The number of carbonyl (C=O) groups is 1. The van der Waals surface area contributed by atoms with Crippen molar-refractivity contribution in [2.45, 2.75) is 13.8 Å². The Balaban J connectivity index is 0. The number of amides is 1. The van der Waals surface area contributed by atoms with Crippen molar-refractivity contribution in [3.63, 3.8) is 0 Å². The van der Waals surface area contributed by atoms with Gasteiger partial charge in [-0.3, -0.25) is 4.79 Å². The van der Waals surface area contributed by atoms with Crippen LogP contribution in [0.1, 0.15) is 13.8 Å². The molecular formula is C10H23ClN2O2. The number of hydrogen-bond donors (Lipinski definition) is 2. The van der Waals surface area contributed by atoms with E-state index in [1.165, 1.54) is 0 Å². The number of carbonyl (C=O) groups excluding carboxylic acids is 1. The third-order valence-electron chi connectivity index (χ3n) is 2.03. The molecule has 5 heteroatoms. The molecule has 2 atom stereocenters. The molecule has 0 spiro atoms. The maximum Gasteiger partial charge on any atom is 0.224 e. The van der Waals surface area contributed by atoms with Crippen LogP contribution in [-0.4, -0.2) is 39.8 Å². The quantitative estimate of drug-likeness (QED) is 0.685. The Labute approximate surface area is 98.6 Å². The van der Waals surface area contributed by atoms with E-state index in [1.54, 1.807) is 7.11 Å². The van der Waals surface area contributed by atoms with E-state index in [1.807, 2.05) is 20.9 Å². The van der Waals surface area contributed by atoms with E-state index in [0.29, 0.717) is 25.6 Å². The molecular weight excluding hydrogens is 216 g/mol. The molecule has 92 valence electrons. The standard InChI is InChI=1S/C10H22N2O2.ClH/c1-8(7-14-4)5-12-10(13)9(2)6-11-3;/h8-9,11H,5-7H2,1-4H3,(H,12,13);1H. The molecule has 0 aromatic rings. The lowest BCUT2D eigenvalue weighted by atomic mass is 10.1. The molecule has 0 aliphatic heterocycles. The van der Waals surface area contributed by atoms with E-state index in [9.17, 15) is 4.79 Å². The minimum Gasteiger partial charge on any atom is -0.384 e. The van der Waals surface area contributed by atoms with Gasteiger partial charge in [-0.1, -0.05) is 13.8 Å². The van der Waals surface area contributed by atoms with E-state index in [4.69, 9.17) is 4.74 Å². The Hall–Kier alpha value is -0.320. The van der Waals surface area contributed by atoms with Crippen molar-refractivity contribution < 1.29 is 9.53 Å². The molecule has 2 unspecified atom stereocenters. The molecule has 0 rings (SSSR count). The second-order valence-corrected chi connectivity index (χ2v) is 3.76. The Bertz CT molecular complexity index is 168. The fraction of sp³-hybridized carbons (Fsp3) is 0.900. The molecule has 2 N–H and O–H groups in total. The van der Waals surface area contributed by atoms with E-state index >= 15 is 0 Å². The van der Waals surface area contributed by atoms with E-state index in [0.717, 1.165) is 0 Å². The minimum absolute atomic E-state index is 0. The third kappa shape index (κ3) is 8.66. The van der Waals surface area contributed by atoms with E-state index in [2.05, 4.69) is 10.6 Å². The second kappa shape index (κ2) is 10.2. The third-order valence-corrected chi connectivity index (χ3v) is 2.03. The van der Waals surface area contributed by atoms with Crippen molar-refractivity contribution >= 4 is 18.3 Å². The molecule has 0 aliphatic rings. The van der Waals surface area contributed by atoms with Gasteiger partial charge in [-0.05, 0) is 13.0 Å². The maximum absolute atomic E-state index is 11.4. The monoisotopic (exact) mass is 238 g/mol. The fourth-order valence-corrected chi connectivity index (χ4v) is 1.19. The molecule has 0 radical (unpaired) electrons. The molecule has 15 heavy (non-hydrogen) atoms. The van der Waals surface area contributed by atoms with E-state index < -0.39 is 0 Å². The van der Waals surface area contributed by atoms with Gasteiger partial charge in [0, 0.05) is 26.1 Å². The van der Waals surface area contributed by atoms with Crippen LogP contribution in [0.2, 0.25) is 0 Å². The Morgan fingerprint density at radius 2 is 1.93 bits per heavy atom. The van der Waals surface area contributed by atoms with Crippen LogP contribution in [0.15, 0.2) is 0 Å². The van der Waals surface area contributed by atoms with E-state index in [-0.39, 0.29) is 24.2 Å². The summed E-state index contributed by atoms with van der Waals surface area (Å²) in [6, 6.07) is 0. The van der Waals surface area contributed by atoms with Gasteiger partial charge in [0.05, 0.1) is 6.61 Å². The van der Waals surface area contributed by atoms with Crippen LogP contribution >= 0.6 is 12.4 Å². The minimum atomic E-state index is 0. The zero-order valence-electron chi connectivity index (χ0n) is 10.0. The number of halogens is 1. The van der Waals surface area contributed by atoms with Crippen molar-refractivity contribution in [3.8, 4) is 0 Å². The molecule has 0 bridgehead atoms. The van der Waals surface area contributed by atoms with Crippen molar-refractivity contribution in [1.82, 2.24) is 10.6 Å². The van der Waals surface area contributed by atoms with Crippen LogP contribution < -0.4 is 10.6 Å². The SMILES string of the molecule is CNCC(C)C(=O)NCC(C)COC.Cl. The number of rotatable bonds is 7. The lowest BCUT2D eigenvalue weighted by molar-refractivity contribution is -0.124. The molecule has 0 fully saturated rings. The Morgan fingerprint density at radius 3 is 2.40 bits per heavy atom. The van der Waals surface area contributed by atoms with Crippen LogP contribution in [0.3, 0.4) is 0 Å². The molecule has 0 saturated heterocycles. The summed E-state index contributed by atoms with van der Waals surface area (Å²) in [6.45, 7) is 6.03. The molecule has 4 nitrogen and oxygen atoms in total. The summed E-state index contributed by atoms with van der Waals surface area (Å²) in [4.78, 5) is 11.4. The van der Waals surface area contributed by atoms with Gasteiger partial charge < -0.3 is 15.4 Å². The van der Waals surface area contributed by atoms with Crippen molar-refractivity contribution in [2.24, 2.45) is 11.8 Å². The van der Waals surface area contributed by atoms with Gasteiger partial charge >= 0.3 is 0 Å². The van der Waals surface area contributed by atoms with Crippen LogP contribution in [0, 0.1) is 11.8 Å². The predicted molar refractivity (Wildman–Crippen MR) is 64.4 cm³/mol. The molecule has 0 aliphatic carbocycles. The van der Waals surface area contributed by atoms with Crippen molar-refractivity contribution in [1.29, 1.82) is 0 Å². The first-order chi connectivity index (χ1) is 6.61. The Kier molecular flexibility index (Phi) is 11.6. The average molecular weight is 239 g/mol. The zero-order valence-corrected chi connectivity index (χ0v) is 10.8. The average Bonchev–Trinajstić information content (AvgIpc) is 2.15. The topological polar surface area (TPSA) is 50.4 Å². The van der Waals surface area contributed by atoms with Crippen LogP contribution in [0.25, 0.3) is 0 Å². The normalized spacial score (nSPS) is 13.9. The predicted octanol–water partition coefficient (Wildman–Crippen LogP) is 0.662. The highest BCUT2D eigenvalue weighted by Gasteiger charge is 2.12. The Morgan fingerprint density at radius 1 is 1.33 bits per heavy atom. The second-order valence-electron chi connectivity index (χ2n) is 3.76. The number of hydrogen-bond acceptors (Lipinski definition) is 3. The van der Waals surface area contributed by atoms with Gasteiger partial charge in [0.1, 0.15) is 0 Å². The van der Waals surface area contributed by atoms with Crippen molar-refractivity contribution in [3.05, 3.63) is 0 Å². The van der Waals surface area contributed by atoms with Crippen LogP contribution in [0.4, 0.5) is 0 Å². The van der Waals surface area contributed by atoms with Gasteiger partial charge in [0.25, 0.3) is 0 Å². The van der Waals surface area contributed by atoms with Gasteiger partial charge in [0.2, 0.25) is 5.91 Å². The molecule has 0 aromatic heterocycles. The highest BCUT2D eigenvalue weighted by atomic mass is 35.5. The van der Waals surface area contributed by atoms with Crippen LogP contribution in [0.5, 0.6) is 0 Å². The summed E-state index contributed by atoms with van der Waals surface area (Å²) < 4.78 is 4.98. The summed E-state index contributed by atoms with van der Waals surface area (Å²) in [6.07, 6.45) is 0. The molecule has 0 saturated carbocycles. The first-order valence-electron chi connectivity index (χ1n) is 5.03. The number of ether oxygens (including phenoxy) is 1. The summed E-state index contributed by atoms with van der Waals surface area (Å²) >= 11 is 0. The summed E-state index contributed by atoms with van der Waals surface area (Å²) in [5, 5.41) is 5.87. The maximum atomic E-state index is 11.4. The van der Waals surface area contributed by atoms with Crippen molar-refractivity contribution in [2.75, 3.05) is 33.9 Å². The largest absolute Gasteiger partial charge is 0.384 e. The summed E-state index contributed by atoms with van der Waals surface area (Å²) in [7, 11) is 3.51. The zero-order chi connectivity index (χ0) is 11.0. The van der Waals surface area contributed by atoms with Crippen LogP contribution in [-0.2, 0) is 9.53 Å².